The Kier molecular flexibility index (Phi) is 7.29. The lowest BCUT2D eigenvalue weighted by Gasteiger charge is -2.53. The number of benzene rings is 2. The summed E-state index contributed by atoms with van der Waals surface area (Å²) >= 11 is 6.26. The molecular weight excluding hydrogens is 506 g/mol. The fraction of sp³-hybridized carbons (Fsp3) is 0.448. The lowest BCUT2D eigenvalue weighted by molar-refractivity contribution is -0.165. The van der Waals surface area contributed by atoms with Gasteiger partial charge in [-0.2, -0.15) is 0 Å². The Bertz CT molecular complexity index is 1310. The molecule has 9 heteroatoms. The number of hydrogen-bond acceptors (Lipinski definition) is 6. The highest BCUT2D eigenvalue weighted by Crippen LogP contribution is 2.52. The fourth-order valence-electron chi connectivity index (χ4n) is 5.82. The minimum absolute atomic E-state index is 0.0333. The molecule has 3 heterocycles. The van der Waals surface area contributed by atoms with Gasteiger partial charge >= 0.3 is 11.9 Å². The number of carboxylic acid groups (broad SMARTS) is 1. The van der Waals surface area contributed by atoms with E-state index in [9.17, 15) is 9.59 Å². The third-order valence-corrected chi connectivity index (χ3v) is 8.59. The van der Waals surface area contributed by atoms with Crippen LogP contribution < -0.4 is 0 Å². The second-order valence-electron chi connectivity index (χ2n) is 10.6. The van der Waals surface area contributed by atoms with E-state index in [1.165, 1.54) is 5.56 Å². The molecular formula is C29H32ClN3O5. The number of ether oxygens (including phenoxy) is 2. The zero-order valence-electron chi connectivity index (χ0n) is 21.7. The fourth-order valence-corrected chi connectivity index (χ4v) is 6.11. The molecule has 3 aromatic rings. The summed E-state index contributed by atoms with van der Waals surface area (Å²) in [5.41, 5.74) is 3.84. The van der Waals surface area contributed by atoms with E-state index in [4.69, 9.17) is 26.2 Å². The van der Waals surface area contributed by atoms with Crippen molar-refractivity contribution in [3.8, 4) is 11.3 Å². The second-order valence-corrected chi connectivity index (χ2v) is 11.0. The third kappa shape index (κ3) is 5.20. The van der Waals surface area contributed by atoms with E-state index in [-0.39, 0.29) is 29.8 Å². The van der Waals surface area contributed by atoms with E-state index >= 15 is 0 Å². The highest BCUT2D eigenvalue weighted by Gasteiger charge is 2.50. The van der Waals surface area contributed by atoms with Gasteiger partial charge in [0.1, 0.15) is 11.8 Å². The molecule has 1 aromatic heterocycles. The maximum absolute atomic E-state index is 12.8. The summed E-state index contributed by atoms with van der Waals surface area (Å²) in [6.45, 7) is 2.41. The number of aryl methyl sites for hydroxylation is 1. The SMILES string of the molecule is C[C@@H](OC(=O)Cc1c(-c2ccc(C34CCC(CCC(=O)O)(CC3)OC4)cc2)nnn1C)c1ccccc1Cl. The number of rotatable bonds is 9. The van der Waals surface area contributed by atoms with Crippen LogP contribution >= 0.6 is 11.6 Å². The second kappa shape index (κ2) is 10.5. The van der Waals surface area contributed by atoms with Crippen LogP contribution in [0, 0.1) is 0 Å². The average molecular weight is 538 g/mol. The van der Waals surface area contributed by atoms with Gasteiger partial charge in [0.05, 0.1) is 24.3 Å². The Morgan fingerprint density at radius 2 is 1.84 bits per heavy atom. The van der Waals surface area contributed by atoms with Gasteiger partial charge in [0.2, 0.25) is 0 Å². The zero-order valence-corrected chi connectivity index (χ0v) is 22.4. The summed E-state index contributed by atoms with van der Waals surface area (Å²) in [4.78, 5) is 23.9. The predicted molar refractivity (Wildman–Crippen MR) is 142 cm³/mol. The number of hydrogen-bond donors (Lipinski definition) is 1. The van der Waals surface area contributed by atoms with Crippen molar-refractivity contribution in [1.82, 2.24) is 15.0 Å². The molecule has 2 saturated heterocycles. The lowest BCUT2D eigenvalue weighted by atomic mass is 9.62. The maximum Gasteiger partial charge on any atom is 0.312 e. The molecule has 2 aromatic carbocycles. The first kappa shape index (κ1) is 26.4. The van der Waals surface area contributed by atoms with Crippen LogP contribution in [0.15, 0.2) is 48.5 Å². The average Bonchev–Trinajstić information content (AvgIpc) is 3.28. The molecule has 1 atom stereocenters. The Labute approximate surface area is 226 Å². The number of carbonyl (C=O) groups is 2. The number of fused-ring (bicyclic) bond motifs is 3. The lowest BCUT2D eigenvalue weighted by Crippen LogP contribution is -2.53. The topological polar surface area (TPSA) is 104 Å². The summed E-state index contributed by atoms with van der Waals surface area (Å²) < 4.78 is 13.6. The quantitative estimate of drug-likeness (QED) is 0.363. The molecule has 1 saturated carbocycles. The van der Waals surface area contributed by atoms with Crippen molar-refractivity contribution in [1.29, 1.82) is 0 Å². The van der Waals surface area contributed by atoms with Crippen molar-refractivity contribution in [3.63, 3.8) is 0 Å². The molecule has 1 N–H and O–H groups in total. The van der Waals surface area contributed by atoms with Crippen LogP contribution in [0.1, 0.15) is 68.4 Å². The number of nitrogens with zero attached hydrogens (tertiary/aromatic N) is 3. The van der Waals surface area contributed by atoms with E-state index in [0.717, 1.165) is 36.8 Å². The van der Waals surface area contributed by atoms with Crippen molar-refractivity contribution in [2.45, 2.75) is 69.0 Å². The van der Waals surface area contributed by atoms with Crippen LogP contribution in [0.5, 0.6) is 0 Å². The predicted octanol–water partition coefficient (Wildman–Crippen LogP) is 5.43. The summed E-state index contributed by atoms with van der Waals surface area (Å²) in [6, 6.07) is 15.6. The Hall–Kier alpha value is -3.23. The van der Waals surface area contributed by atoms with Crippen LogP contribution in [0.2, 0.25) is 5.02 Å². The first-order valence-electron chi connectivity index (χ1n) is 13.0. The number of carbonyl (C=O) groups excluding carboxylic acids is 1. The van der Waals surface area contributed by atoms with Gasteiger partial charge in [0.15, 0.2) is 0 Å². The zero-order chi connectivity index (χ0) is 26.9. The summed E-state index contributed by atoms with van der Waals surface area (Å²) in [5.74, 6) is -1.15. The molecule has 3 aliphatic rings. The van der Waals surface area contributed by atoms with Gasteiger partial charge in [-0.1, -0.05) is 59.3 Å². The smallest absolute Gasteiger partial charge is 0.312 e. The van der Waals surface area contributed by atoms with Gasteiger partial charge in [-0.25, -0.2) is 0 Å². The molecule has 200 valence electrons. The molecule has 3 fully saturated rings. The molecule has 0 unspecified atom stereocenters. The summed E-state index contributed by atoms with van der Waals surface area (Å²) in [6.07, 6.45) is 4.01. The molecule has 2 aliphatic heterocycles. The molecule has 2 bridgehead atoms. The Balaban J connectivity index is 1.27. The molecule has 0 radical (unpaired) electrons. The number of halogens is 1. The van der Waals surface area contributed by atoms with E-state index in [1.807, 2.05) is 30.3 Å². The van der Waals surface area contributed by atoms with Crippen molar-refractivity contribution in [2.24, 2.45) is 7.05 Å². The number of aromatic nitrogens is 3. The monoisotopic (exact) mass is 537 g/mol. The molecule has 6 rings (SSSR count). The highest BCUT2D eigenvalue weighted by molar-refractivity contribution is 6.31. The van der Waals surface area contributed by atoms with Gasteiger partial charge in [-0.3, -0.25) is 14.3 Å². The number of aliphatic carboxylic acids is 1. The summed E-state index contributed by atoms with van der Waals surface area (Å²) in [5, 5.41) is 18.1. The van der Waals surface area contributed by atoms with Gasteiger partial charge in [0, 0.05) is 35.0 Å². The van der Waals surface area contributed by atoms with Crippen LogP contribution in [-0.4, -0.2) is 44.2 Å². The van der Waals surface area contributed by atoms with Gasteiger partial charge in [-0.15, -0.1) is 5.10 Å². The number of carboxylic acids is 1. The molecule has 0 amide bonds. The highest BCUT2D eigenvalue weighted by atomic mass is 35.5. The standard InChI is InChI=1S/C29H32ClN3O5/c1-19(22-5-3-4-6-23(22)30)38-26(36)17-24-27(31-32-33(24)2)20-7-9-21(10-8-20)28-13-15-29(16-14-28,37-18-28)12-11-25(34)35/h3-10,19H,11-18H2,1-2H3,(H,34,35)/t19-,28?,29?/m1/s1. The van der Waals surface area contributed by atoms with Crippen LogP contribution in [-0.2, 0) is 37.9 Å². The van der Waals surface area contributed by atoms with Crippen molar-refractivity contribution in [3.05, 3.63) is 70.4 Å². The minimum atomic E-state index is -0.771. The van der Waals surface area contributed by atoms with Crippen molar-refractivity contribution in [2.75, 3.05) is 6.61 Å². The molecule has 1 aliphatic carbocycles. The largest absolute Gasteiger partial charge is 0.481 e. The molecule has 8 nitrogen and oxygen atoms in total. The van der Waals surface area contributed by atoms with E-state index in [0.29, 0.717) is 29.4 Å². The first-order valence-corrected chi connectivity index (χ1v) is 13.4. The minimum Gasteiger partial charge on any atom is -0.481 e. The first-order chi connectivity index (χ1) is 18.2. The van der Waals surface area contributed by atoms with E-state index in [2.05, 4.69) is 22.4 Å². The van der Waals surface area contributed by atoms with Crippen molar-refractivity contribution >= 4 is 23.5 Å². The van der Waals surface area contributed by atoms with Crippen LogP contribution in [0.25, 0.3) is 11.3 Å². The normalized spacial score (nSPS) is 23.2. The molecule has 38 heavy (non-hydrogen) atoms. The van der Waals surface area contributed by atoms with Gasteiger partial charge in [-0.05, 0) is 50.7 Å². The third-order valence-electron chi connectivity index (χ3n) is 8.24. The molecule has 0 spiro atoms. The van der Waals surface area contributed by atoms with Crippen molar-refractivity contribution < 1.29 is 24.2 Å². The van der Waals surface area contributed by atoms with Crippen LogP contribution in [0.3, 0.4) is 0 Å². The van der Waals surface area contributed by atoms with Gasteiger partial charge in [0.25, 0.3) is 0 Å². The number of esters is 1. The van der Waals surface area contributed by atoms with E-state index in [1.54, 1.807) is 24.7 Å². The van der Waals surface area contributed by atoms with Gasteiger partial charge < -0.3 is 14.6 Å². The Morgan fingerprint density at radius 1 is 1.13 bits per heavy atom. The van der Waals surface area contributed by atoms with E-state index < -0.39 is 12.1 Å². The maximum atomic E-state index is 12.8. The van der Waals surface area contributed by atoms with Crippen LogP contribution in [0.4, 0.5) is 0 Å². The summed E-state index contributed by atoms with van der Waals surface area (Å²) in [7, 11) is 1.77. The Morgan fingerprint density at radius 3 is 2.47 bits per heavy atom.